The number of fused-ring (bicyclic) bond motifs is 3. The van der Waals surface area contributed by atoms with E-state index in [1.165, 1.54) is 21.5 Å². The molecule has 0 N–H and O–H groups in total. The maximum absolute atomic E-state index is 4.47. The van der Waals surface area contributed by atoms with Crippen molar-refractivity contribution in [3.8, 4) is 22.5 Å². The summed E-state index contributed by atoms with van der Waals surface area (Å²) in [4.78, 5) is 8.55. The van der Waals surface area contributed by atoms with Gasteiger partial charge < -0.3 is 0 Å². The zero-order valence-corrected chi connectivity index (χ0v) is 19.8. The molecule has 0 aliphatic rings. The van der Waals surface area contributed by atoms with Crippen molar-refractivity contribution in [1.29, 1.82) is 0 Å². The third-order valence-corrected chi connectivity index (χ3v) is 5.17. The Bertz CT molecular complexity index is 1350. The predicted octanol–water partition coefficient (Wildman–Crippen LogP) is 4.47. The molecule has 0 unspecified atom stereocenters. The normalized spacial score (nSPS) is 10.5. The molecular formula is C25H18BN3Y-. The summed E-state index contributed by atoms with van der Waals surface area (Å²) in [6, 6.07) is 28.2. The summed E-state index contributed by atoms with van der Waals surface area (Å²) in [5.74, 6) is 0.847. The van der Waals surface area contributed by atoms with E-state index in [2.05, 4.69) is 83.6 Å². The van der Waals surface area contributed by atoms with Crippen molar-refractivity contribution in [2.75, 3.05) is 0 Å². The Morgan fingerprint density at radius 1 is 0.900 bits per heavy atom. The van der Waals surface area contributed by atoms with Gasteiger partial charge in [-0.3, -0.25) is 4.57 Å². The Kier molecular flexibility index (Phi) is 6.80. The van der Waals surface area contributed by atoms with Gasteiger partial charge in [-0.25, -0.2) is 5.56 Å². The van der Waals surface area contributed by atoms with Gasteiger partial charge in [0.2, 0.25) is 12.2 Å². The van der Waals surface area contributed by atoms with Gasteiger partial charge in [-0.15, -0.1) is 33.5 Å². The second-order valence-electron chi connectivity index (χ2n) is 6.98. The summed E-state index contributed by atoms with van der Waals surface area (Å²) in [5, 5.41) is 4.87. The maximum Gasteiger partial charge on any atom is 0.255 e. The molecule has 30 heavy (non-hydrogen) atoms. The third kappa shape index (κ3) is 3.82. The molecule has 0 amide bonds. The molecule has 0 spiro atoms. The molecule has 0 saturated carbocycles. The molecule has 4 aromatic carbocycles. The van der Waals surface area contributed by atoms with Gasteiger partial charge in [0.05, 0.1) is 7.05 Å². The topological polar surface area (TPSA) is 29.7 Å². The zero-order valence-electron chi connectivity index (χ0n) is 16.9. The molecule has 0 atom stereocenters. The summed E-state index contributed by atoms with van der Waals surface area (Å²) in [5.41, 5.74) is 4.18. The largest absolute Gasteiger partial charge is 0.269 e. The van der Waals surface area contributed by atoms with Gasteiger partial charge in [-0.05, 0) is 5.39 Å². The van der Waals surface area contributed by atoms with Crippen LogP contribution in [0.4, 0.5) is 0 Å². The van der Waals surface area contributed by atoms with Crippen LogP contribution < -0.4 is 4.57 Å². The Hall–Kier alpha value is -2.42. The molecule has 1 aromatic heterocycles. The molecular weight excluding hydrogens is 442 g/mol. The molecule has 0 aliphatic heterocycles. The van der Waals surface area contributed by atoms with Gasteiger partial charge in [0.1, 0.15) is 0 Å². The van der Waals surface area contributed by atoms with Crippen molar-refractivity contribution < 1.29 is 37.3 Å². The first-order valence-electron chi connectivity index (χ1n) is 9.24. The minimum absolute atomic E-state index is 0. The molecule has 0 fully saturated rings. The van der Waals surface area contributed by atoms with Crippen LogP contribution in [0.25, 0.3) is 44.1 Å². The van der Waals surface area contributed by atoms with Gasteiger partial charge in [0.15, 0.2) is 0 Å². The second-order valence-corrected chi connectivity index (χ2v) is 6.98. The summed E-state index contributed by atoms with van der Waals surface area (Å²) in [6.45, 7) is 2.08. The van der Waals surface area contributed by atoms with Gasteiger partial charge in [-0.1, -0.05) is 59.3 Å². The minimum Gasteiger partial charge on any atom is -0.269 e. The van der Waals surface area contributed by atoms with E-state index < -0.39 is 0 Å². The Morgan fingerprint density at radius 3 is 2.53 bits per heavy atom. The van der Waals surface area contributed by atoms with Gasteiger partial charge in [0.25, 0.3) is 6.33 Å². The number of nitrogens with zero attached hydrogens (tertiary/aromatic N) is 3. The SMILES string of the molecule is Cc1ccc(-c2[c-]ccc3ccc4ccccc4c23)[c-]c1-c1ncnc[n+]1C.[B].[Y]. The number of hydrogen-bond acceptors (Lipinski definition) is 2. The van der Waals surface area contributed by atoms with Crippen LogP contribution in [0.5, 0.6) is 0 Å². The Morgan fingerprint density at radius 2 is 1.70 bits per heavy atom. The van der Waals surface area contributed by atoms with Crippen molar-refractivity contribution in [3.05, 3.63) is 91.0 Å². The monoisotopic (exact) mass is 460 g/mol. The van der Waals surface area contributed by atoms with Crippen LogP contribution in [0.1, 0.15) is 5.56 Å². The molecule has 0 bridgehead atoms. The Labute approximate surface area is 203 Å². The molecule has 0 aliphatic carbocycles. The second kappa shape index (κ2) is 9.16. The molecule has 1 heterocycles. The zero-order chi connectivity index (χ0) is 19.1. The van der Waals surface area contributed by atoms with Crippen molar-refractivity contribution in [2.45, 2.75) is 6.92 Å². The van der Waals surface area contributed by atoms with Crippen LogP contribution in [0.2, 0.25) is 0 Å². The molecule has 4 radical (unpaired) electrons. The van der Waals surface area contributed by atoms with Crippen LogP contribution >= 0.6 is 0 Å². The molecule has 5 rings (SSSR count). The fourth-order valence-electron chi connectivity index (χ4n) is 3.75. The Balaban J connectivity index is 0.00000128. The minimum atomic E-state index is 0. The van der Waals surface area contributed by atoms with Crippen LogP contribution in [0.15, 0.2) is 73.3 Å². The maximum atomic E-state index is 4.47. The fourth-order valence-corrected chi connectivity index (χ4v) is 3.75. The van der Waals surface area contributed by atoms with Gasteiger partial charge in [-0.2, -0.15) is 29.8 Å². The van der Waals surface area contributed by atoms with E-state index in [1.54, 1.807) is 12.7 Å². The number of rotatable bonds is 2. The molecule has 3 nitrogen and oxygen atoms in total. The van der Waals surface area contributed by atoms with Crippen molar-refractivity contribution in [1.82, 2.24) is 9.97 Å². The van der Waals surface area contributed by atoms with Crippen LogP contribution in [-0.2, 0) is 39.8 Å². The quantitative estimate of drug-likeness (QED) is 0.169. The molecule has 0 saturated heterocycles. The van der Waals surface area contributed by atoms with E-state index in [-0.39, 0.29) is 41.1 Å². The van der Waals surface area contributed by atoms with Crippen LogP contribution in [-0.4, -0.2) is 18.4 Å². The standard InChI is InChI=1S/C25H18N3.B.Y/c1-17-10-11-20(14-23(17)25-27-15-26-16-28(25)2)22-9-5-7-19-13-12-18-6-3-4-8-21(18)24(19)22;;/h3-8,10-13,15-16H,1-2H3;;/q-1;;. The predicted molar refractivity (Wildman–Crippen MR) is 117 cm³/mol. The summed E-state index contributed by atoms with van der Waals surface area (Å²) >= 11 is 0. The van der Waals surface area contributed by atoms with Crippen LogP contribution in [0, 0.1) is 19.1 Å². The average molecular weight is 460 g/mol. The number of aryl methyl sites for hydroxylation is 2. The average Bonchev–Trinajstić information content (AvgIpc) is 2.74. The first kappa shape index (κ1) is 22.3. The summed E-state index contributed by atoms with van der Waals surface area (Å²) in [7, 11) is 1.95. The molecule has 5 heteroatoms. The number of benzene rings is 4. The van der Waals surface area contributed by atoms with Crippen molar-refractivity contribution >= 4 is 30.0 Å². The first-order valence-corrected chi connectivity index (χ1v) is 9.24. The van der Waals surface area contributed by atoms with E-state index >= 15 is 0 Å². The summed E-state index contributed by atoms with van der Waals surface area (Å²) < 4.78 is 1.92. The molecule has 5 aromatic rings. The van der Waals surface area contributed by atoms with E-state index in [0.717, 1.165) is 28.1 Å². The summed E-state index contributed by atoms with van der Waals surface area (Å²) in [6.07, 6.45) is 3.34. The van der Waals surface area contributed by atoms with Crippen LogP contribution in [0.3, 0.4) is 0 Å². The first-order chi connectivity index (χ1) is 13.7. The number of aromatic nitrogens is 3. The number of hydrogen-bond donors (Lipinski definition) is 0. The van der Waals surface area contributed by atoms with Crippen molar-refractivity contribution in [2.24, 2.45) is 7.05 Å². The van der Waals surface area contributed by atoms with E-state index in [4.69, 9.17) is 0 Å². The van der Waals surface area contributed by atoms with Gasteiger partial charge >= 0.3 is 0 Å². The van der Waals surface area contributed by atoms with Crippen molar-refractivity contribution in [3.63, 3.8) is 0 Å². The fraction of sp³-hybridized carbons (Fsp3) is 0.0800. The third-order valence-electron chi connectivity index (χ3n) is 5.17. The van der Waals surface area contributed by atoms with Gasteiger partial charge in [0, 0.05) is 41.1 Å². The van der Waals surface area contributed by atoms with E-state index in [9.17, 15) is 0 Å². The van der Waals surface area contributed by atoms with E-state index in [1.807, 2.05) is 17.7 Å². The molecule has 140 valence electrons. The van der Waals surface area contributed by atoms with E-state index in [0.29, 0.717) is 0 Å². The smallest absolute Gasteiger partial charge is 0.255 e.